The molecule has 1 heterocycles. The van der Waals surface area contributed by atoms with Gasteiger partial charge in [-0.15, -0.1) is 0 Å². The van der Waals surface area contributed by atoms with Gasteiger partial charge in [-0.3, -0.25) is 0 Å². The molecule has 4 rings (SSSR count). The molecule has 0 amide bonds. The van der Waals surface area contributed by atoms with Gasteiger partial charge in [-0.2, -0.15) is 0 Å². The number of methoxy groups -OCH3 is 1. The predicted octanol–water partition coefficient (Wildman–Crippen LogP) is 5.22. The molecule has 2 aromatic carbocycles. The summed E-state index contributed by atoms with van der Waals surface area (Å²) in [6.07, 6.45) is 1.41. The highest BCUT2D eigenvalue weighted by atomic mass is 16.6. The van der Waals surface area contributed by atoms with Crippen LogP contribution in [-0.4, -0.2) is 23.7 Å². The van der Waals surface area contributed by atoms with Gasteiger partial charge in [-0.1, -0.05) is 39.0 Å². The van der Waals surface area contributed by atoms with E-state index >= 15 is 0 Å². The quantitative estimate of drug-likeness (QED) is 0.647. The summed E-state index contributed by atoms with van der Waals surface area (Å²) in [5.41, 5.74) is 3.90. The monoisotopic (exact) mass is 363 g/mol. The van der Waals surface area contributed by atoms with Gasteiger partial charge in [0.1, 0.15) is 5.75 Å². The Hall–Kier alpha value is -2.75. The number of rotatable bonds is 4. The lowest BCUT2D eigenvalue weighted by Crippen LogP contribution is -2.30. The highest BCUT2D eigenvalue weighted by Gasteiger charge is 2.54. The first kappa shape index (κ1) is 17.7. The van der Waals surface area contributed by atoms with Crippen molar-refractivity contribution in [1.82, 2.24) is 4.98 Å². The molecule has 0 saturated heterocycles. The first-order valence-corrected chi connectivity index (χ1v) is 9.32. The standard InChI is InChI=1S/C23H25NO3/c1-22(2,3)17-7-5-6-15(12-17)20-14-16-13-18(8-9-19(16)24-20)27-23(10-11-23)21(25)26-4/h5-9,12-14,24H,10-11H2,1-4H3. The number of benzene rings is 2. The van der Waals surface area contributed by atoms with Crippen LogP contribution < -0.4 is 4.74 Å². The van der Waals surface area contributed by atoms with E-state index in [9.17, 15) is 4.79 Å². The average molecular weight is 363 g/mol. The topological polar surface area (TPSA) is 51.3 Å². The Labute approximate surface area is 159 Å². The third-order valence-corrected chi connectivity index (χ3v) is 5.21. The SMILES string of the molecule is COC(=O)C1(Oc2ccc3[nH]c(-c4cccc(C(C)(C)C)c4)cc3c2)CC1. The molecule has 27 heavy (non-hydrogen) atoms. The number of H-pyrrole nitrogens is 1. The molecule has 0 atom stereocenters. The number of fused-ring (bicyclic) bond motifs is 1. The molecule has 1 saturated carbocycles. The summed E-state index contributed by atoms with van der Waals surface area (Å²) in [6, 6.07) is 16.6. The van der Waals surface area contributed by atoms with Gasteiger partial charge in [0.05, 0.1) is 7.11 Å². The van der Waals surface area contributed by atoms with E-state index in [2.05, 4.69) is 56.1 Å². The van der Waals surface area contributed by atoms with Gasteiger partial charge < -0.3 is 14.5 Å². The summed E-state index contributed by atoms with van der Waals surface area (Å²) in [5, 5.41) is 1.06. The average Bonchev–Trinajstić information content (AvgIpc) is 3.30. The van der Waals surface area contributed by atoms with E-state index in [1.807, 2.05) is 18.2 Å². The van der Waals surface area contributed by atoms with Crippen molar-refractivity contribution in [3.63, 3.8) is 0 Å². The zero-order valence-electron chi connectivity index (χ0n) is 16.3. The van der Waals surface area contributed by atoms with Gasteiger partial charge in [0, 0.05) is 29.4 Å². The van der Waals surface area contributed by atoms with Gasteiger partial charge in [-0.25, -0.2) is 4.79 Å². The maximum atomic E-state index is 11.9. The Balaban J connectivity index is 1.65. The number of carbonyl (C=O) groups is 1. The smallest absolute Gasteiger partial charge is 0.350 e. The van der Waals surface area contributed by atoms with Crippen molar-refractivity contribution in [2.24, 2.45) is 0 Å². The van der Waals surface area contributed by atoms with Gasteiger partial charge in [-0.05, 0) is 46.9 Å². The summed E-state index contributed by atoms with van der Waals surface area (Å²) in [5.74, 6) is 0.399. The highest BCUT2D eigenvalue weighted by molar-refractivity contribution is 5.88. The van der Waals surface area contributed by atoms with Crippen molar-refractivity contribution in [2.45, 2.75) is 44.6 Å². The van der Waals surface area contributed by atoms with Crippen LogP contribution in [0.3, 0.4) is 0 Å². The largest absolute Gasteiger partial charge is 0.476 e. The number of hydrogen-bond acceptors (Lipinski definition) is 3. The van der Waals surface area contributed by atoms with Crippen molar-refractivity contribution in [3.05, 3.63) is 54.1 Å². The number of aromatic nitrogens is 1. The molecule has 0 aliphatic heterocycles. The molecule has 4 nitrogen and oxygen atoms in total. The van der Waals surface area contributed by atoms with Gasteiger partial charge >= 0.3 is 5.97 Å². The van der Waals surface area contributed by atoms with E-state index in [1.165, 1.54) is 12.7 Å². The molecule has 1 aliphatic rings. The minimum absolute atomic E-state index is 0.107. The maximum Gasteiger partial charge on any atom is 0.350 e. The lowest BCUT2D eigenvalue weighted by atomic mass is 9.86. The second-order valence-electron chi connectivity index (χ2n) is 8.35. The van der Waals surface area contributed by atoms with Gasteiger partial charge in [0.25, 0.3) is 0 Å². The summed E-state index contributed by atoms with van der Waals surface area (Å²) in [4.78, 5) is 15.4. The van der Waals surface area contributed by atoms with E-state index in [0.717, 1.165) is 22.2 Å². The van der Waals surface area contributed by atoms with Crippen molar-refractivity contribution in [3.8, 4) is 17.0 Å². The van der Waals surface area contributed by atoms with E-state index in [0.29, 0.717) is 18.6 Å². The zero-order chi connectivity index (χ0) is 19.2. The summed E-state index contributed by atoms with van der Waals surface area (Å²) in [6.45, 7) is 6.65. The fraction of sp³-hybridized carbons (Fsp3) is 0.348. The maximum absolute atomic E-state index is 11.9. The van der Waals surface area contributed by atoms with E-state index in [-0.39, 0.29) is 11.4 Å². The first-order valence-electron chi connectivity index (χ1n) is 9.32. The van der Waals surface area contributed by atoms with Gasteiger partial charge in [0.15, 0.2) is 0 Å². The molecule has 1 aromatic heterocycles. The van der Waals surface area contributed by atoms with Crippen LogP contribution in [0.15, 0.2) is 48.5 Å². The second-order valence-corrected chi connectivity index (χ2v) is 8.35. The van der Waals surface area contributed by atoms with Crippen LogP contribution in [0, 0.1) is 0 Å². The number of nitrogens with one attached hydrogen (secondary N) is 1. The molecule has 0 bridgehead atoms. The molecule has 1 N–H and O–H groups in total. The number of ether oxygens (including phenoxy) is 2. The van der Waals surface area contributed by atoms with E-state index in [4.69, 9.17) is 9.47 Å². The zero-order valence-corrected chi connectivity index (χ0v) is 16.3. The number of aromatic amines is 1. The van der Waals surface area contributed by atoms with Crippen molar-refractivity contribution >= 4 is 16.9 Å². The molecule has 1 aliphatic carbocycles. The van der Waals surface area contributed by atoms with Gasteiger partial charge in [0.2, 0.25) is 5.60 Å². The van der Waals surface area contributed by atoms with E-state index in [1.54, 1.807) is 0 Å². The third kappa shape index (κ3) is 3.32. The van der Waals surface area contributed by atoms with Crippen molar-refractivity contribution in [1.29, 1.82) is 0 Å². The van der Waals surface area contributed by atoms with Crippen LogP contribution in [0.2, 0.25) is 0 Å². The van der Waals surface area contributed by atoms with Crippen LogP contribution in [0.1, 0.15) is 39.2 Å². The van der Waals surface area contributed by atoms with Crippen LogP contribution in [-0.2, 0) is 14.9 Å². The Morgan fingerprint density at radius 2 is 1.85 bits per heavy atom. The van der Waals surface area contributed by atoms with Crippen LogP contribution in [0.4, 0.5) is 0 Å². The summed E-state index contributed by atoms with van der Waals surface area (Å²) in [7, 11) is 1.40. The molecular weight excluding hydrogens is 338 g/mol. The number of carbonyl (C=O) groups excluding carboxylic acids is 1. The predicted molar refractivity (Wildman–Crippen MR) is 107 cm³/mol. The normalized spacial score (nSPS) is 15.6. The number of hydrogen-bond donors (Lipinski definition) is 1. The number of esters is 1. The molecule has 0 unspecified atom stereocenters. The molecular formula is C23H25NO3. The molecule has 4 heteroatoms. The summed E-state index contributed by atoms with van der Waals surface area (Å²) < 4.78 is 10.8. The van der Waals surface area contributed by atoms with Crippen LogP contribution in [0.25, 0.3) is 22.2 Å². The lowest BCUT2D eigenvalue weighted by molar-refractivity contribution is -0.151. The Bertz CT molecular complexity index is 1010. The fourth-order valence-electron chi connectivity index (χ4n) is 3.36. The highest BCUT2D eigenvalue weighted by Crippen LogP contribution is 2.42. The Kier molecular flexibility index (Phi) is 4.02. The molecule has 140 valence electrons. The fourth-order valence-corrected chi connectivity index (χ4v) is 3.36. The van der Waals surface area contributed by atoms with Crippen LogP contribution in [0.5, 0.6) is 5.75 Å². The molecule has 0 spiro atoms. The minimum Gasteiger partial charge on any atom is -0.476 e. The van der Waals surface area contributed by atoms with Crippen molar-refractivity contribution < 1.29 is 14.3 Å². The second kappa shape index (κ2) is 6.15. The third-order valence-electron chi connectivity index (χ3n) is 5.21. The Morgan fingerprint density at radius 3 is 2.52 bits per heavy atom. The van der Waals surface area contributed by atoms with Crippen molar-refractivity contribution in [2.75, 3.05) is 7.11 Å². The lowest BCUT2D eigenvalue weighted by Gasteiger charge is -2.19. The Morgan fingerprint density at radius 1 is 1.07 bits per heavy atom. The minimum atomic E-state index is -0.789. The molecule has 3 aromatic rings. The molecule has 1 fully saturated rings. The van der Waals surface area contributed by atoms with E-state index < -0.39 is 5.60 Å². The molecule has 0 radical (unpaired) electrons. The summed E-state index contributed by atoms with van der Waals surface area (Å²) >= 11 is 0. The van der Waals surface area contributed by atoms with Crippen LogP contribution >= 0.6 is 0 Å². The first-order chi connectivity index (χ1) is 12.8.